The van der Waals surface area contributed by atoms with Gasteiger partial charge in [0.1, 0.15) is 23.6 Å². The number of ether oxygens (including phenoxy) is 1. The Bertz CT molecular complexity index is 2250. The van der Waals surface area contributed by atoms with Gasteiger partial charge in [-0.2, -0.15) is 68.0 Å². The Morgan fingerprint density at radius 2 is 1.39 bits per heavy atom. The first-order chi connectivity index (χ1) is 30.6. The lowest BCUT2D eigenvalue weighted by Crippen LogP contribution is -2.65. The van der Waals surface area contributed by atoms with E-state index in [1.807, 2.05) is 23.1 Å². The summed E-state index contributed by atoms with van der Waals surface area (Å²) in [4.78, 5) is 50.6. The van der Waals surface area contributed by atoms with Gasteiger partial charge < -0.3 is 25.0 Å². The van der Waals surface area contributed by atoms with Crippen molar-refractivity contribution in [2.75, 3.05) is 26.2 Å². The van der Waals surface area contributed by atoms with Gasteiger partial charge in [0.2, 0.25) is 11.7 Å². The highest BCUT2D eigenvalue weighted by Gasteiger charge is 2.48. The van der Waals surface area contributed by atoms with Crippen molar-refractivity contribution in [3.63, 3.8) is 0 Å². The molecule has 0 atom stereocenters. The molecule has 4 aromatic heterocycles. The van der Waals surface area contributed by atoms with Crippen LogP contribution in [0.3, 0.4) is 0 Å². The molecular formula is C37H38F12N10O7. The number of carboxylic acids is 3. The summed E-state index contributed by atoms with van der Waals surface area (Å²) < 4.78 is 144. The molecule has 3 fully saturated rings. The monoisotopic (exact) mass is 962 g/mol. The molecule has 7 rings (SSSR count). The maximum absolute atomic E-state index is 13.6. The summed E-state index contributed by atoms with van der Waals surface area (Å²) >= 11 is 0. The zero-order chi connectivity index (χ0) is 49.3. The predicted octanol–water partition coefficient (Wildman–Crippen LogP) is 6.83. The van der Waals surface area contributed by atoms with E-state index in [-0.39, 0.29) is 12.0 Å². The highest BCUT2D eigenvalue weighted by molar-refractivity contribution is 5.90. The highest BCUT2D eigenvalue weighted by atomic mass is 19.4. The number of nitriles is 1. The van der Waals surface area contributed by atoms with Crippen molar-refractivity contribution in [3.8, 4) is 23.2 Å². The van der Waals surface area contributed by atoms with Crippen molar-refractivity contribution < 1.29 is 87.1 Å². The van der Waals surface area contributed by atoms with Crippen LogP contribution in [0.5, 0.6) is 5.88 Å². The van der Waals surface area contributed by atoms with Gasteiger partial charge in [-0.05, 0) is 57.7 Å². The summed E-state index contributed by atoms with van der Waals surface area (Å²) in [6.07, 6.45) is -6.30. The number of alkyl halides is 12. The summed E-state index contributed by atoms with van der Waals surface area (Å²) in [5, 5.41) is 36.6. The number of rotatable bonds is 8. The lowest BCUT2D eigenvalue weighted by molar-refractivity contribution is -0.193. The third kappa shape index (κ3) is 14.6. The number of fused-ring (bicyclic) bond motifs is 1. The molecule has 17 nitrogen and oxygen atoms in total. The number of piperidine rings is 1. The molecule has 4 aromatic rings. The van der Waals surface area contributed by atoms with Gasteiger partial charge in [0.05, 0.1) is 30.1 Å². The smallest absolute Gasteiger partial charge is 0.475 e. The average molecular weight is 963 g/mol. The standard InChI is InChI=1S/C31H35F3N10O.3C2HF3O2/c32-31(33,34)29-40-22(17-42-12-2-1-3-13-42)14-26(41-29)45-24-6-4-23(5-7-24)43-18-30(19-43,9-10-35)44-16-21(15-39-44)27-25-8-11-36-28(25)38-20-37-27;3*3-2(4,5)1(6)7/h8,11,14-16,20,23-24H,1-7,9,12-13,17-19H2,(H,36,37,38);3*(H,6,7)/t23-,24+;;;. The summed E-state index contributed by atoms with van der Waals surface area (Å²) in [5.41, 5.74) is 2.33. The minimum absolute atomic E-state index is 0.000129. The van der Waals surface area contributed by atoms with Crippen LogP contribution in [0.25, 0.3) is 22.3 Å². The van der Waals surface area contributed by atoms with Crippen LogP contribution in [0.15, 0.2) is 37.1 Å². The van der Waals surface area contributed by atoms with Crippen molar-refractivity contribution in [2.24, 2.45) is 0 Å². The number of carboxylic acid groups (broad SMARTS) is 3. The molecule has 0 radical (unpaired) electrons. The highest BCUT2D eigenvalue weighted by Crippen LogP contribution is 2.39. The Labute approximate surface area is 364 Å². The average Bonchev–Trinajstić information content (AvgIpc) is 3.90. The Morgan fingerprint density at radius 3 is 1.91 bits per heavy atom. The molecule has 29 heteroatoms. The van der Waals surface area contributed by atoms with E-state index in [2.05, 4.69) is 45.9 Å². The van der Waals surface area contributed by atoms with Gasteiger partial charge in [0.25, 0.3) is 0 Å². The lowest BCUT2D eigenvalue weighted by atomic mass is 9.82. The second kappa shape index (κ2) is 21.3. The minimum Gasteiger partial charge on any atom is -0.475 e. The van der Waals surface area contributed by atoms with Crippen LogP contribution in [0.4, 0.5) is 52.7 Å². The van der Waals surface area contributed by atoms with E-state index in [4.69, 9.17) is 34.4 Å². The van der Waals surface area contributed by atoms with Crippen molar-refractivity contribution >= 4 is 28.9 Å². The maximum atomic E-state index is 13.6. The molecule has 0 aromatic carbocycles. The lowest BCUT2D eigenvalue weighted by Gasteiger charge is -2.53. The van der Waals surface area contributed by atoms with Crippen LogP contribution in [0, 0.1) is 11.3 Å². The van der Waals surface area contributed by atoms with Crippen LogP contribution < -0.4 is 4.74 Å². The summed E-state index contributed by atoms with van der Waals surface area (Å²) in [6, 6.07) is 6.17. The maximum Gasteiger partial charge on any atom is 0.490 e. The third-order valence-corrected chi connectivity index (χ3v) is 10.1. The van der Waals surface area contributed by atoms with E-state index < -0.39 is 54.0 Å². The molecule has 0 spiro atoms. The summed E-state index contributed by atoms with van der Waals surface area (Å²) in [6.45, 7) is 3.47. The van der Waals surface area contributed by atoms with Crippen LogP contribution >= 0.6 is 0 Å². The van der Waals surface area contributed by atoms with E-state index in [0.717, 1.165) is 67.5 Å². The number of nitrogens with zero attached hydrogens (tertiary/aromatic N) is 9. The molecule has 362 valence electrons. The zero-order valence-electron chi connectivity index (χ0n) is 33.8. The fourth-order valence-electron chi connectivity index (χ4n) is 7.05. The molecule has 1 aliphatic carbocycles. The van der Waals surface area contributed by atoms with E-state index in [1.165, 1.54) is 6.33 Å². The number of halogens is 12. The van der Waals surface area contributed by atoms with Gasteiger partial charge in [-0.3, -0.25) is 14.5 Å². The molecule has 4 N–H and O–H groups in total. The number of aliphatic carboxylic acids is 3. The van der Waals surface area contributed by atoms with E-state index in [9.17, 15) is 57.9 Å². The first-order valence-corrected chi connectivity index (χ1v) is 19.3. The first-order valence-electron chi connectivity index (χ1n) is 19.3. The summed E-state index contributed by atoms with van der Waals surface area (Å²) in [5.74, 6) is -9.42. The second-order valence-electron chi connectivity index (χ2n) is 14.9. The van der Waals surface area contributed by atoms with Crippen LogP contribution in [0.2, 0.25) is 0 Å². The van der Waals surface area contributed by atoms with Gasteiger partial charge in [-0.25, -0.2) is 29.3 Å². The van der Waals surface area contributed by atoms with Crippen molar-refractivity contribution in [3.05, 3.63) is 48.6 Å². The topological polar surface area (TPSA) is 237 Å². The molecule has 0 unspecified atom stereocenters. The number of hydrogen-bond acceptors (Lipinski definition) is 12. The van der Waals surface area contributed by atoms with Gasteiger partial charge in [0.15, 0.2) is 0 Å². The molecule has 0 bridgehead atoms. The van der Waals surface area contributed by atoms with Crippen LogP contribution in [0.1, 0.15) is 62.9 Å². The number of aromatic amines is 1. The SMILES string of the molecule is N#CCC1(n2cc(-c3ncnc4[nH]ccc34)cn2)CN([C@H]2CC[C@@H](Oc3cc(CN4CCCCC4)nc(C(F)(F)F)n3)CC2)C1.O=C(O)C(F)(F)F.O=C(O)C(F)(F)F.O=C(O)C(F)(F)F. The Morgan fingerprint density at radius 1 is 0.833 bits per heavy atom. The fraction of sp³-hybridized carbons (Fsp3) is 0.541. The van der Waals surface area contributed by atoms with Crippen LogP contribution in [-0.2, 0) is 32.6 Å². The molecule has 0 amide bonds. The quantitative estimate of drug-likeness (QED) is 0.132. The third-order valence-electron chi connectivity index (χ3n) is 10.1. The first kappa shape index (κ1) is 52.3. The number of aromatic nitrogens is 7. The van der Waals surface area contributed by atoms with Crippen molar-refractivity contribution in [1.82, 2.24) is 44.5 Å². The van der Waals surface area contributed by atoms with E-state index >= 15 is 0 Å². The number of H-pyrrole nitrogens is 1. The molecular weight excluding hydrogens is 924 g/mol. The van der Waals surface area contributed by atoms with Crippen LogP contribution in [-0.4, -0.2) is 135 Å². The zero-order valence-corrected chi connectivity index (χ0v) is 33.8. The van der Waals surface area contributed by atoms with Crippen molar-refractivity contribution in [1.29, 1.82) is 5.26 Å². The normalized spacial score (nSPS) is 19.0. The molecule has 66 heavy (non-hydrogen) atoms. The number of hydrogen-bond donors (Lipinski definition) is 4. The van der Waals surface area contributed by atoms with Gasteiger partial charge in [0, 0.05) is 55.1 Å². The molecule has 3 aliphatic rings. The van der Waals surface area contributed by atoms with E-state index in [0.29, 0.717) is 50.6 Å². The van der Waals surface area contributed by atoms with Gasteiger partial charge in [-0.1, -0.05) is 6.42 Å². The molecule has 2 aliphatic heterocycles. The predicted molar refractivity (Wildman–Crippen MR) is 199 cm³/mol. The Kier molecular flexibility index (Phi) is 16.9. The Balaban J connectivity index is 0.000000377. The minimum atomic E-state index is -5.08. The number of carbonyl (C=O) groups is 3. The van der Waals surface area contributed by atoms with E-state index in [1.54, 1.807) is 12.3 Å². The molecule has 1 saturated carbocycles. The summed E-state index contributed by atoms with van der Waals surface area (Å²) in [7, 11) is 0. The van der Waals surface area contributed by atoms with Crippen molar-refractivity contribution in [2.45, 2.75) is 100 Å². The second-order valence-corrected chi connectivity index (χ2v) is 14.9. The van der Waals surface area contributed by atoms with Gasteiger partial charge >= 0.3 is 42.6 Å². The number of likely N-dealkylation sites (tertiary alicyclic amines) is 2. The van der Waals surface area contributed by atoms with Gasteiger partial charge in [-0.15, -0.1) is 0 Å². The molecule has 2 saturated heterocycles. The molecule has 6 heterocycles. The fourth-order valence-corrected chi connectivity index (χ4v) is 7.05. The number of nitrogens with one attached hydrogen (secondary N) is 1. The largest absolute Gasteiger partial charge is 0.490 e. The Hall–Kier alpha value is -6.31.